The molecular formula is C47H43N. The lowest BCUT2D eigenvalue weighted by Gasteiger charge is -2.26. The maximum absolute atomic E-state index is 4.91. The fraction of sp³-hybridized carbons (Fsp3) is 0.213. The second kappa shape index (κ2) is 13.2. The zero-order valence-corrected chi connectivity index (χ0v) is 28.1. The predicted octanol–water partition coefficient (Wildman–Crippen LogP) is 10.8. The summed E-state index contributed by atoms with van der Waals surface area (Å²) in [6.45, 7) is 4.47. The highest BCUT2D eigenvalue weighted by atomic mass is 14.7. The van der Waals surface area contributed by atoms with Crippen LogP contribution in [0.5, 0.6) is 0 Å². The van der Waals surface area contributed by atoms with E-state index in [0.29, 0.717) is 11.8 Å². The van der Waals surface area contributed by atoms with Gasteiger partial charge in [0.05, 0.1) is 0 Å². The Kier molecular flexibility index (Phi) is 8.37. The summed E-state index contributed by atoms with van der Waals surface area (Å²) in [7, 11) is 0. The molecule has 4 aliphatic rings. The van der Waals surface area contributed by atoms with E-state index in [4.69, 9.17) is 4.99 Å². The van der Waals surface area contributed by atoms with E-state index in [1.54, 1.807) is 0 Å². The van der Waals surface area contributed by atoms with Crippen molar-refractivity contribution in [1.82, 2.24) is 0 Å². The van der Waals surface area contributed by atoms with Gasteiger partial charge in [-0.1, -0.05) is 140 Å². The van der Waals surface area contributed by atoms with E-state index >= 15 is 0 Å². The number of fused-ring (bicyclic) bond motifs is 3. The first-order valence-corrected chi connectivity index (χ1v) is 17.7. The third-order valence-corrected chi connectivity index (χ3v) is 10.6. The van der Waals surface area contributed by atoms with Crippen LogP contribution >= 0.6 is 0 Å². The average Bonchev–Trinajstić information content (AvgIpc) is 3.13. The molecule has 0 saturated carbocycles. The Labute approximate surface area is 284 Å². The van der Waals surface area contributed by atoms with Crippen molar-refractivity contribution in [1.29, 1.82) is 0 Å². The summed E-state index contributed by atoms with van der Waals surface area (Å²) in [5, 5.41) is 8.27. The maximum atomic E-state index is 4.91. The normalized spacial score (nSPS) is 24.0. The van der Waals surface area contributed by atoms with E-state index in [1.807, 2.05) is 6.20 Å². The molecule has 0 bridgehead atoms. The third-order valence-electron chi connectivity index (χ3n) is 10.6. The Hall–Kier alpha value is -5.01. The molecule has 1 heterocycles. The Bertz CT molecular complexity index is 2250. The second-order valence-electron chi connectivity index (χ2n) is 13.7. The fourth-order valence-electron chi connectivity index (χ4n) is 8.17. The highest BCUT2D eigenvalue weighted by molar-refractivity contribution is 6.16. The lowest BCUT2D eigenvalue weighted by Crippen LogP contribution is -2.32. The molecule has 8 rings (SSSR count). The fourth-order valence-corrected chi connectivity index (χ4v) is 8.17. The summed E-state index contributed by atoms with van der Waals surface area (Å²) in [5.41, 5.74) is 11.0. The summed E-state index contributed by atoms with van der Waals surface area (Å²) in [6, 6.07) is 25.1. The number of allylic oxidation sites excluding steroid dienone is 13. The van der Waals surface area contributed by atoms with E-state index < -0.39 is 0 Å². The summed E-state index contributed by atoms with van der Waals surface area (Å²) >= 11 is 0. The van der Waals surface area contributed by atoms with Crippen LogP contribution in [-0.2, 0) is 0 Å². The number of aryl methyl sites for hydroxylation is 1. The highest BCUT2D eigenvalue weighted by Crippen LogP contribution is 2.43. The number of hydrogen-bond donors (Lipinski definition) is 0. The van der Waals surface area contributed by atoms with Crippen molar-refractivity contribution in [3.05, 3.63) is 172 Å². The van der Waals surface area contributed by atoms with Gasteiger partial charge < -0.3 is 0 Å². The lowest BCUT2D eigenvalue weighted by molar-refractivity contribution is 0.789. The molecule has 236 valence electrons. The van der Waals surface area contributed by atoms with Crippen molar-refractivity contribution < 1.29 is 0 Å². The minimum Gasteiger partial charge on any atom is -0.261 e. The van der Waals surface area contributed by atoms with Gasteiger partial charge in [-0.3, -0.25) is 4.99 Å². The molecule has 4 aromatic carbocycles. The number of benzene rings is 4. The zero-order chi connectivity index (χ0) is 32.5. The van der Waals surface area contributed by atoms with Crippen molar-refractivity contribution in [2.75, 3.05) is 0 Å². The Morgan fingerprint density at radius 1 is 0.688 bits per heavy atom. The molecule has 0 radical (unpaired) electrons. The first-order chi connectivity index (χ1) is 23.7. The van der Waals surface area contributed by atoms with E-state index in [0.717, 1.165) is 38.5 Å². The molecule has 0 amide bonds. The molecule has 0 N–H and O–H groups in total. The van der Waals surface area contributed by atoms with Crippen LogP contribution in [0.2, 0.25) is 0 Å². The topological polar surface area (TPSA) is 12.4 Å². The summed E-state index contributed by atoms with van der Waals surface area (Å²) < 4.78 is 0. The maximum Gasteiger partial charge on any atom is 0.0447 e. The van der Waals surface area contributed by atoms with Gasteiger partial charge >= 0.3 is 0 Å². The average molecular weight is 622 g/mol. The van der Waals surface area contributed by atoms with Crippen LogP contribution in [0.25, 0.3) is 38.8 Å². The van der Waals surface area contributed by atoms with Crippen LogP contribution in [0.1, 0.15) is 62.1 Å². The van der Waals surface area contributed by atoms with Gasteiger partial charge in [-0.15, -0.1) is 0 Å². The molecule has 48 heavy (non-hydrogen) atoms. The Balaban J connectivity index is 1.22. The van der Waals surface area contributed by atoms with Crippen molar-refractivity contribution in [3.63, 3.8) is 0 Å². The van der Waals surface area contributed by atoms with Crippen molar-refractivity contribution in [2.24, 2.45) is 16.8 Å². The van der Waals surface area contributed by atoms with Gasteiger partial charge in [-0.05, 0) is 116 Å². The van der Waals surface area contributed by atoms with Gasteiger partial charge in [0.2, 0.25) is 0 Å². The monoisotopic (exact) mass is 621 g/mol. The van der Waals surface area contributed by atoms with Gasteiger partial charge in [0.1, 0.15) is 0 Å². The van der Waals surface area contributed by atoms with Crippen LogP contribution in [0.4, 0.5) is 0 Å². The van der Waals surface area contributed by atoms with E-state index in [1.165, 1.54) is 76.7 Å². The van der Waals surface area contributed by atoms with Crippen LogP contribution in [0, 0.1) is 18.8 Å². The molecule has 0 spiro atoms. The minimum atomic E-state index is 0.321. The van der Waals surface area contributed by atoms with Crippen LogP contribution in [-0.4, -0.2) is 5.71 Å². The summed E-state index contributed by atoms with van der Waals surface area (Å²) in [6.07, 6.45) is 33.4. The van der Waals surface area contributed by atoms with Crippen LogP contribution < -0.4 is 10.4 Å². The van der Waals surface area contributed by atoms with Gasteiger partial charge in [0, 0.05) is 24.3 Å². The molecule has 0 fully saturated rings. The van der Waals surface area contributed by atoms with E-state index in [2.05, 4.69) is 147 Å². The molecule has 1 heteroatoms. The molecule has 2 atom stereocenters. The third kappa shape index (κ3) is 5.73. The number of aliphatic imine (C=N–C) groups is 1. The molecular weight excluding hydrogens is 579 g/mol. The number of nitrogens with zero attached hydrogens (tertiary/aromatic N) is 1. The second-order valence-corrected chi connectivity index (χ2v) is 13.7. The van der Waals surface area contributed by atoms with Crippen LogP contribution in [0.3, 0.4) is 0 Å². The SMILES string of the molecule is Cc1cccc2c1=CCCC=2c1c2ccccc2c(C2=CC(C3C=CN=C(/C4=C/C=C\C(C)/C=C\C=C/C4)C3)=CCC2)c2ccccc12. The van der Waals surface area contributed by atoms with E-state index in [9.17, 15) is 0 Å². The van der Waals surface area contributed by atoms with E-state index in [-0.39, 0.29) is 0 Å². The molecule has 4 aromatic rings. The molecule has 0 aromatic heterocycles. The smallest absolute Gasteiger partial charge is 0.0447 e. The highest BCUT2D eigenvalue weighted by Gasteiger charge is 2.24. The van der Waals surface area contributed by atoms with Crippen molar-refractivity contribution in [2.45, 2.75) is 52.4 Å². The molecule has 1 nitrogen and oxygen atoms in total. The number of hydrogen-bond acceptors (Lipinski definition) is 1. The largest absolute Gasteiger partial charge is 0.261 e. The minimum absolute atomic E-state index is 0.321. The first kappa shape index (κ1) is 30.3. The van der Waals surface area contributed by atoms with Crippen molar-refractivity contribution >= 4 is 44.5 Å². The van der Waals surface area contributed by atoms with Gasteiger partial charge in [-0.2, -0.15) is 0 Å². The molecule has 0 saturated heterocycles. The zero-order valence-electron chi connectivity index (χ0n) is 28.1. The number of rotatable bonds is 4. The lowest BCUT2D eigenvalue weighted by atomic mass is 9.79. The molecule has 2 unspecified atom stereocenters. The van der Waals surface area contributed by atoms with Crippen molar-refractivity contribution in [3.8, 4) is 0 Å². The first-order valence-electron chi connectivity index (χ1n) is 17.7. The standard InChI is InChI=1S/C47H43N/c1-32-14-4-3-5-17-34(18-10-15-32)45-31-36(28-29-48-45)35-19-12-20-37(30-35)46-41-21-6-8-23-43(41)47(44-24-9-7-22-42(44)46)40-27-13-25-38-33(2)16-11-26-39(38)40/h3-11,14-16,18-19,21-26,28-30,32,36H,12-13,17,20,27,31H2,1-2H3/b5-3-,14-4-,15-10-,34-18+. The summed E-state index contributed by atoms with van der Waals surface area (Å²) in [4.78, 5) is 4.91. The summed E-state index contributed by atoms with van der Waals surface area (Å²) in [5.74, 6) is 0.740. The Morgan fingerprint density at radius 3 is 2.21 bits per heavy atom. The molecule has 3 aliphatic carbocycles. The quantitative estimate of drug-likeness (QED) is 0.201. The predicted molar refractivity (Wildman–Crippen MR) is 207 cm³/mol. The molecule has 1 aliphatic heterocycles. The van der Waals surface area contributed by atoms with Gasteiger partial charge in [0.15, 0.2) is 0 Å². The van der Waals surface area contributed by atoms with Gasteiger partial charge in [-0.25, -0.2) is 0 Å². The van der Waals surface area contributed by atoms with Gasteiger partial charge in [0.25, 0.3) is 0 Å². The Morgan fingerprint density at radius 2 is 1.42 bits per heavy atom. The van der Waals surface area contributed by atoms with Crippen LogP contribution in [0.15, 0.2) is 150 Å².